The highest BCUT2D eigenvalue weighted by Crippen LogP contribution is 2.29. The van der Waals surface area contributed by atoms with Gasteiger partial charge in [-0.05, 0) is 23.8 Å². The molecule has 8 nitrogen and oxygen atoms in total. The monoisotopic (exact) mass is 325 g/mol. The number of rotatable bonds is 2. The standard InChI is InChI=1S/C16H15N5O3/c1-20-12-4-3-11(5-9(12)7-19-16(20)23)21-8-10(6-17)13(18)14(21)15(22)24-2/h3-5,8H,7,18H2,1-2H3,(H,19,23). The van der Waals surface area contributed by atoms with Crippen LogP contribution < -0.4 is 16.0 Å². The number of nitrogen functional groups attached to an aromatic ring is 1. The van der Waals surface area contributed by atoms with E-state index in [-0.39, 0.29) is 23.0 Å². The number of carbonyl (C=O) groups excluding carboxylic acids is 2. The van der Waals surface area contributed by atoms with Crippen LogP contribution in [0.3, 0.4) is 0 Å². The zero-order valence-corrected chi connectivity index (χ0v) is 13.2. The number of esters is 1. The van der Waals surface area contributed by atoms with Crippen molar-refractivity contribution in [2.75, 3.05) is 24.8 Å². The Morgan fingerprint density at radius 1 is 1.46 bits per heavy atom. The molecule has 2 amide bonds. The molecule has 0 atom stereocenters. The molecule has 1 aromatic heterocycles. The van der Waals surface area contributed by atoms with Crippen LogP contribution in [0.1, 0.15) is 21.6 Å². The summed E-state index contributed by atoms with van der Waals surface area (Å²) >= 11 is 0. The second-order valence-corrected chi connectivity index (χ2v) is 5.31. The molecule has 0 saturated heterocycles. The minimum atomic E-state index is -0.628. The number of hydrogen-bond acceptors (Lipinski definition) is 5. The van der Waals surface area contributed by atoms with Crippen molar-refractivity contribution < 1.29 is 14.3 Å². The highest BCUT2D eigenvalue weighted by molar-refractivity contribution is 5.96. The van der Waals surface area contributed by atoms with Crippen LogP contribution in [0.15, 0.2) is 24.4 Å². The average molecular weight is 325 g/mol. The van der Waals surface area contributed by atoms with Crippen molar-refractivity contribution in [3.63, 3.8) is 0 Å². The number of fused-ring (bicyclic) bond motifs is 1. The number of urea groups is 1. The molecule has 2 aromatic rings. The van der Waals surface area contributed by atoms with Crippen LogP contribution in [0.4, 0.5) is 16.2 Å². The third-order valence-electron chi connectivity index (χ3n) is 3.98. The van der Waals surface area contributed by atoms with Crippen LogP contribution in [-0.4, -0.2) is 30.7 Å². The molecule has 1 aromatic carbocycles. The van der Waals surface area contributed by atoms with Gasteiger partial charge in [0.05, 0.1) is 24.0 Å². The number of aromatic nitrogens is 1. The van der Waals surface area contributed by atoms with Crippen LogP contribution in [0.5, 0.6) is 0 Å². The Bertz CT molecular complexity index is 894. The molecule has 24 heavy (non-hydrogen) atoms. The predicted octanol–water partition coefficient (Wildman–Crippen LogP) is 1.38. The van der Waals surface area contributed by atoms with E-state index in [1.54, 1.807) is 19.2 Å². The number of carbonyl (C=O) groups is 2. The van der Waals surface area contributed by atoms with Gasteiger partial charge in [0.25, 0.3) is 0 Å². The summed E-state index contributed by atoms with van der Waals surface area (Å²) in [7, 11) is 2.93. The first-order valence-corrected chi connectivity index (χ1v) is 7.12. The predicted molar refractivity (Wildman–Crippen MR) is 86.9 cm³/mol. The maximum atomic E-state index is 12.0. The second kappa shape index (κ2) is 5.62. The minimum absolute atomic E-state index is 0.0764. The third kappa shape index (κ3) is 2.23. The maximum Gasteiger partial charge on any atom is 0.357 e. The Hall–Kier alpha value is -3.47. The molecule has 0 bridgehead atoms. The number of benzene rings is 1. The van der Waals surface area contributed by atoms with E-state index in [1.165, 1.54) is 22.8 Å². The molecule has 0 radical (unpaired) electrons. The lowest BCUT2D eigenvalue weighted by Crippen LogP contribution is -2.41. The number of anilines is 2. The number of amides is 2. The smallest absolute Gasteiger partial charge is 0.357 e. The van der Waals surface area contributed by atoms with Crippen LogP contribution in [0, 0.1) is 11.3 Å². The molecule has 3 rings (SSSR count). The number of nitrogens with two attached hydrogens (primary N) is 1. The summed E-state index contributed by atoms with van der Waals surface area (Å²) in [6.45, 7) is 0.377. The summed E-state index contributed by atoms with van der Waals surface area (Å²) in [5, 5.41) is 11.9. The Morgan fingerprint density at radius 3 is 2.88 bits per heavy atom. The van der Waals surface area contributed by atoms with Crippen molar-refractivity contribution in [3.05, 3.63) is 41.2 Å². The van der Waals surface area contributed by atoms with Crippen molar-refractivity contribution in [1.29, 1.82) is 5.26 Å². The van der Waals surface area contributed by atoms with Crippen molar-refractivity contribution in [2.45, 2.75) is 6.54 Å². The minimum Gasteiger partial charge on any atom is -0.464 e. The highest BCUT2D eigenvalue weighted by Gasteiger charge is 2.24. The number of nitrogens with one attached hydrogen (secondary N) is 1. The van der Waals surface area contributed by atoms with Crippen LogP contribution in [-0.2, 0) is 11.3 Å². The highest BCUT2D eigenvalue weighted by atomic mass is 16.5. The van der Waals surface area contributed by atoms with Gasteiger partial charge in [0.2, 0.25) is 0 Å². The number of hydrogen-bond donors (Lipinski definition) is 2. The SMILES string of the molecule is COC(=O)c1c(N)c(C#N)cn1-c1ccc2c(c1)CNC(=O)N2C. The topological polar surface area (TPSA) is 113 Å². The lowest BCUT2D eigenvalue weighted by molar-refractivity contribution is 0.0593. The molecule has 2 heterocycles. The van der Waals surface area contributed by atoms with E-state index in [9.17, 15) is 9.59 Å². The van der Waals surface area contributed by atoms with E-state index in [4.69, 9.17) is 15.7 Å². The Balaban J connectivity index is 2.16. The van der Waals surface area contributed by atoms with Gasteiger partial charge < -0.3 is 20.4 Å². The van der Waals surface area contributed by atoms with Crippen molar-refractivity contribution in [2.24, 2.45) is 0 Å². The normalized spacial score (nSPS) is 13.0. The van der Waals surface area contributed by atoms with E-state index in [2.05, 4.69) is 5.32 Å². The Morgan fingerprint density at radius 2 is 2.21 bits per heavy atom. The fourth-order valence-corrected chi connectivity index (χ4v) is 2.71. The summed E-state index contributed by atoms with van der Waals surface area (Å²) in [6.07, 6.45) is 1.49. The van der Waals surface area contributed by atoms with Gasteiger partial charge in [0, 0.05) is 25.5 Å². The van der Waals surface area contributed by atoms with Gasteiger partial charge in [-0.3, -0.25) is 4.90 Å². The van der Waals surface area contributed by atoms with Crippen LogP contribution in [0.2, 0.25) is 0 Å². The quantitative estimate of drug-likeness (QED) is 0.810. The van der Waals surface area contributed by atoms with Gasteiger partial charge in [-0.15, -0.1) is 0 Å². The molecule has 8 heteroatoms. The lowest BCUT2D eigenvalue weighted by atomic mass is 10.1. The molecule has 0 saturated carbocycles. The van der Waals surface area contributed by atoms with Crippen LogP contribution >= 0.6 is 0 Å². The average Bonchev–Trinajstić information content (AvgIpc) is 2.93. The maximum absolute atomic E-state index is 12.0. The molecule has 122 valence electrons. The fraction of sp³-hybridized carbons (Fsp3) is 0.188. The molecule has 0 unspecified atom stereocenters. The molecular weight excluding hydrogens is 310 g/mol. The van der Waals surface area contributed by atoms with E-state index in [0.29, 0.717) is 12.2 Å². The zero-order chi connectivity index (χ0) is 17.4. The molecule has 0 aliphatic carbocycles. The first kappa shape index (κ1) is 15.4. The van der Waals surface area contributed by atoms with Gasteiger partial charge >= 0.3 is 12.0 Å². The van der Waals surface area contributed by atoms with E-state index in [1.807, 2.05) is 12.1 Å². The van der Waals surface area contributed by atoms with Gasteiger partial charge in [-0.2, -0.15) is 5.26 Å². The second-order valence-electron chi connectivity index (χ2n) is 5.31. The van der Waals surface area contributed by atoms with E-state index < -0.39 is 5.97 Å². The largest absolute Gasteiger partial charge is 0.464 e. The summed E-state index contributed by atoms with van der Waals surface area (Å²) in [5.74, 6) is -0.628. The Labute approximate surface area is 138 Å². The fourth-order valence-electron chi connectivity index (χ4n) is 2.71. The summed E-state index contributed by atoms with van der Waals surface area (Å²) < 4.78 is 6.29. The molecule has 1 aliphatic rings. The summed E-state index contributed by atoms with van der Waals surface area (Å²) in [6, 6.07) is 7.15. The zero-order valence-electron chi connectivity index (χ0n) is 13.2. The Kier molecular flexibility index (Phi) is 3.62. The number of methoxy groups -OCH3 is 1. The summed E-state index contributed by atoms with van der Waals surface area (Å²) in [5.41, 5.74) is 8.58. The van der Waals surface area contributed by atoms with Gasteiger partial charge in [-0.1, -0.05) is 0 Å². The summed E-state index contributed by atoms with van der Waals surface area (Å²) in [4.78, 5) is 25.2. The number of nitrogens with zero attached hydrogens (tertiary/aromatic N) is 3. The van der Waals surface area contributed by atoms with E-state index >= 15 is 0 Å². The molecule has 0 spiro atoms. The van der Waals surface area contributed by atoms with E-state index in [0.717, 1.165) is 11.3 Å². The number of nitriles is 1. The first-order chi connectivity index (χ1) is 11.5. The first-order valence-electron chi connectivity index (χ1n) is 7.12. The van der Waals surface area contributed by atoms with Crippen molar-refractivity contribution >= 4 is 23.4 Å². The van der Waals surface area contributed by atoms with Crippen molar-refractivity contribution in [3.8, 4) is 11.8 Å². The molecule has 1 aliphatic heterocycles. The molecule has 0 fully saturated rings. The van der Waals surface area contributed by atoms with Gasteiger partial charge in [-0.25, -0.2) is 9.59 Å². The van der Waals surface area contributed by atoms with Crippen molar-refractivity contribution in [1.82, 2.24) is 9.88 Å². The van der Waals surface area contributed by atoms with Gasteiger partial charge in [0.15, 0.2) is 5.69 Å². The molecule has 3 N–H and O–H groups in total. The van der Waals surface area contributed by atoms with Crippen LogP contribution in [0.25, 0.3) is 5.69 Å². The number of ether oxygens (including phenoxy) is 1. The molecular formula is C16H15N5O3. The van der Waals surface area contributed by atoms with Gasteiger partial charge in [0.1, 0.15) is 6.07 Å². The third-order valence-corrected chi connectivity index (χ3v) is 3.98. The lowest BCUT2D eigenvalue weighted by Gasteiger charge is -2.27.